The summed E-state index contributed by atoms with van der Waals surface area (Å²) in [7, 11) is -2.42. The van der Waals surface area contributed by atoms with Gasteiger partial charge in [-0.25, -0.2) is 8.42 Å². The first kappa shape index (κ1) is 17.3. The molecule has 1 unspecified atom stereocenters. The van der Waals surface area contributed by atoms with Crippen LogP contribution in [0.3, 0.4) is 0 Å². The van der Waals surface area contributed by atoms with Crippen LogP contribution < -0.4 is 20.5 Å². The minimum atomic E-state index is -3.88. The van der Waals surface area contributed by atoms with Crippen LogP contribution in [0.15, 0.2) is 23.1 Å². The number of carbonyl (C=O) groups is 1. The second-order valence-electron chi connectivity index (χ2n) is 4.54. The summed E-state index contributed by atoms with van der Waals surface area (Å²) in [6.45, 7) is 3.88. The van der Waals surface area contributed by atoms with Crippen molar-refractivity contribution in [2.45, 2.75) is 31.2 Å². The van der Waals surface area contributed by atoms with Crippen molar-refractivity contribution in [1.82, 2.24) is 10.0 Å². The summed E-state index contributed by atoms with van der Waals surface area (Å²) in [6, 6.07) is 3.36. The summed E-state index contributed by atoms with van der Waals surface area (Å²) in [5.41, 5.74) is 5.77. The Morgan fingerprint density at radius 1 is 1.43 bits per heavy atom. The smallest absolute Gasteiger partial charge is 0.243 e. The summed E-state index contributed by atoms with van der Waals surface area (Å²) < 4.78 is 31.7. The van der Waals surface area contributed by atoms with Gasteiger partial charge in [0.15, 0.2) is 0 Å². The Bertz CT molecular complexity index is 601. The van der Waals surface area contributed by atoms with Crippen molar-refractivity contribution in [2.24, 2.45) is 0 Å². The fourth-order valence-electron chi connectivity index (χ4n) is 1.65. The van der Waals surface area contributed by atoms with E-state index in [1.165, 1.54) is 32.2 Å². The van der Waals surface area contributed by atoms with Gasteiger partial charge in [0, 0.05) is 12.6 Å². The van der Waals surface area contributed by atoms with Gasteiger partial charge in [0.1, 0.15) is 10.6 Å². The third kappa shape index (κ3) is 4.61. The highest BCUT2D eigenvalue weighted by Crippen LogP contribution is 2.23. The highest BCUT2D eigenvalue weighted by Gasteiger charge is 2.23. The lowest BCUT2D eigenvalue weighted by Crippen LogP contribution is -2.45. The third-order valence-electron chi connectivity index (χ3n) is 2.78. The summed E-state index contributed by atoms with van der Waals surface area (Å²) in [5.74, 6) is 0.0766. The standard InChI is InChI=1S/C13H21N3O4S/c1-4-7-15-13(17)9(2)16-21(18,19)12-6-5-10(20-3)8-11(12)14/h5-6,8-9,16H,4,7,14H2,1-3H3,(H,15,17). The van der Waals surface area contributed by atoms with Crippen LogP contribution in [0.1, 0.15) is 20.3 Å². The van der Waals surface area contributed by atoms with Gasteiger partial charge >= 0.3 is 0 Å². The molecule has 0 heterocycles. The van der Waals surface area contributed by atoms with Crippen molar-refractivity contribution in [3.05, 3.63) is 18.2 Å². The van der Waals surface area contributed by atoms with Crippen LogP contribution >= 0.6 is 0 Å². The van der Waals surface area contributed by atoms with Gasteiger partial charge in [-0.15, -0.1) is 0 Å². The fourth-order valence-corrected chi connectivity index (χ4v) is 2.97. The fraction of sp³-hybridized carbons (Fsp3) is 0.462. The molecule has 7 nitrogen and oxygen atoms in total. The lowest BCUT2D eigenvalue weighted by molar-refractivity contribution is -0.122. The number of rotatable bonds is 7. The maximum atomic E-state index is 12.2. The lowest BCUT2D eigenvalue weighted by atomic mass is 10.3. The predicted octanol–water partition coefficient (Wildman–Crippen LogP) is 0.470. The van der Waals surface area contributed by atoms with Crippen LogP contribution in [-0.2, 0) is 14.8 Å². The maximum Gasteiger partial charge on any atom is 0.243 e. The van der Waals surface area contributed by atoms with Gasteiger partial charge in [-0.2, -0.15) is 4.72 Å². The molecule has 0 bridgehead atoms. The molecule has 1 aromatic rings. The second-order valence-corrected chi connectivity index (χ2v) is 6.22. The first-order valence-corrected chi connectivity index (χ1v) is 8.03. The first-order valence-electron chi connectivity index (χ1n) is 6.55. The van der Waals surface area contributed by atoms with E-state index in [0.717, 1.165) is 6.42 Å². The van der Waals surface area contributed by atoms with Crippen molar-refractivity contribution < 1.29 is 17.9 Å². The van der Waals surface area contributed by atoms with Crippen LogP contribution in [0.4, 0.5) is 5.69 Å². The van der Waals surface area contributed by atoms with Gasteiger partial charge in [0.2, 0.25) is 15.9 Å². The molecule has 0 aliphatic rings. The molecule has 1 atom stereocenters. The Morgan fingerprint density at radius 3 is 2.62 bits per heavy atom. The van der Waals surface area contributed by atoms with Crippen molar-refractivity contribution in [1.29, 1.82) is 0 Å². The average Bonchev–Trinajstić information content (AvgIpc) is 2.43. The van der Waals surface area contributed by atoms with E-state index in [1.807, 2.05) is 6.92 Å². The molecule has 0 saturated carbocycles. The van der Waals surface area contributed by atoms with Crippen LogP contribution in [0, 0.1) is 0 Å². The van der Waals surface area contributed by atoms with E-state index in [-0.39, 0.29) is 16.5 Å². The lowest BCUT2D eigenvalue weighted by Gasteiger charge is -2.15. The number of amides is 1. The summed E-state index contributed by atoms with van der Waals surface area (Å²) >= 11 is 0. The molecule has 4 N–H and O–H groups in total. The van der Waals surface area contributed by atoms with Gasteiger partial charge < -0.3 is 15.8 Å². The van der Waals surface area contributed by atoms with E-state index in [0.29, 0.717) is 12.3 Å². The second kappa shape index (κ2) is 7.28. The van der Waals surface area contributed by atoms with Gasteiger partial charge in [-0.1, -0.05) is 6.92 Å². The minimum Gasteiger partial charge on any atom is -0.497 e. The number of methoxy groups -OCH3 is 1. The number of nitrogens with two attached hydrogens (primary N) is 1. The predicted molar refractivity (Wildman–Crippen MR) is 80.5 cm³/mol. The van der Waals surface area contributed by atoms with E-state index in [9.17, 15) is 13.2 Å². The van der Waals surface area contributed by atoms with Crippen molar-refractivity contribution in [3.8, 4) is 5.75 Å². The van der Waals surface area contributed by atoms with E-state index >= 15 is 0 Å². The van der Waals surface area contributed by atoms with Crippen molar-refractivity contribution in [3.63, 3.8) is 0 Å². The Labute approximate surface area is 124 Å². The molecule has 0 spiro atoms. The highest BCUT2D eigenvalue weighted by atomic mass is 32.2. The Balaban J connectivity index is 2.89. The van der Waals surface area contributed by atoms with Gasteiger partial charge in [0.25, 0.3) is 0 Å². The molecule has 8 heteroatoms. The number of anilines is 1. The van der Waals surface area contributed by atoms with Crippen LogP contribution in [-0.4, -0.2) is 34.0 Å². The monoisotopic (exact) mass is 315 g/mol. The summed E-state index contributed by atoms with van der Waals surface area (Å²) in [6.07, 6.45) is 0.774. The summed E-state index contributed by atoms with van der Waals surface area (Å²) in [5, 5.41) is 2.62. The minimum absolute atomic E-state index is 0.0583. The van der Waals surface area contributed by atoms with Crippen LogP contribution in [0.25, 0.3) is 0 Å². The number of sulfonamides is 1. The molecule has 0 saturated heterocycles. The molecule has 0 radical (unpaired) electrons. The molecule has 1 amide bonds. The van der Waals surface area contributed by atoms with Crippen molar-refractivity contribution >= 4 is 21.6 Å². The molecular weight excluding hydrogens is 294 g/mol. The topological polar surface area (TPSA) is 111 Å². The first-order chi connectivity index (χ1) is 9.81. The molecule has 0 aliphatic heterocycles. The molecule has 118 valence electrons. The Kier molecular flexibility index (Phi) is 5.98. The van der Waals surface area contributed by atoms with E-state index < -0.39 is 16.1 Å². The zero-order chi connectivity index (χ0) is 16.0. The number of carbonyl (C=O) groups excluding carboxylic acids is 1. The number of hydrogen-bond acceptors (Lipinski definition) is 5. The molecule has 0 aromatic heterocycles. The molecule has 0 fully saturated rings. The SMILES string of the molecule is CCCNC(=O)C(C)NS(=O)(=O)c1ccc(OC)cc1N. The number of benzene rings is 1. The normalized spacial score (nSPS) is 12.7. The molecule has 1 aromatic carbocycles. The number of ether oxygens (including phenoxy) is 1. The zero-order valence-corrected chi connectivity index (χ0v) is 13.2. The van der Waals surface area contributed by atoms with E-state index in [1.54, 1.807) is 0 Å². The van der Waals surface area contributed by atoms with Crippen LogP contribution in [0.2, 0.25) is 0 Å². The third-order valence-corrected chi connectivity index (χ3v) is 4.40. The molecule has 21 heavy (non-hydrogen) atoms. The van der Waals surface area contributed by atoms with Crippen LogP contribution in [0.5, 0.6) is 5.75 Å². The Morgan fingerprint density at radius 2 is 2.10 bits per heavy atom. The van der Waals surface area contributed by atoms with Gasteiger partial charge in [-0.3, -0.25) is 4.79 Å². The molecule has 1 rings (SSSR count). The highest BCUT2D eigenvalue weighted by molar-refractivity contribution is 7.89. The average molecular weight is 315 g/mol. The van der Waals surface area contributed by atoms with E-state index in [2.05, 4.69) is 10.0 Å². The van der Waals surface area contributed by atoms with Gasteiger partial charge in [0.05, 0.1) is 18.8 Å². The maximum absolute atomic E-state index is 12.2. The largest absolute Gasteiger partial charge is 0.497 e. The molecular formula is C13H21N3O4S. The van der Waals surface area contributed by atoms with E-state index in [4.69, 9.17) is 10.5 Å². The summed E-state index contributed by atoms with van der Waals surface area (Å²) in [4.78, 5) is 11.6. The number of nitrogen functional groups attached to an aromatic ring is 1. The Hall–Kier alpha value is -1.80. The van der Waals surface area contributed by atoms with Gasteiger partial charge in [-0.05, 0) is 25.5 Å². The quantitative estimate of drug-likeness (QED) is 0.634. The van der Waals surface area contributed by atoms with Crippen molar-refractivity contribution in [2.75, 3.05) is 19.4 Å². The zero-order valence-electron chi connectivity index (χ0n) is 12.3. The molecule has 0 aliphatic carbocycles. The number of nitrogens with one attached hydrogen (secondary N) is 2. The number of hydrogen-bond donors (Lipinski definition) is 3.